The number of fused-ring (bicyclic) bond motifs is 1. The van der Waals surface area contributed by atoms with Crippen molar-refractivity contribution in [2.45, 2.75) is 43.4 Å². The summed E-state index contributed by atoms with van der Waals surface area (Å²) in [5.41, 5.74) is 2.13. The Morgan fingerprint density at radius 1 is 1.28 bits per heavy atom. The van der Waals surface area contributed by atoms with Gasteiger partial charge in [-0.2, -0.15) is 11.8 Å². The topological polar surface area (TPSA) is 12.0 Å². The number of hydrogen-bond acceptors (Lipinski definition) is 2. The van der Waals surface area contributed by atoms with Gasteiger partial charge in [-0.05, 0) is 48.6 Å². The maximum absolute atomic E-state index is 13.6. The molecule has 1 aromatic rings. The Balaban J connectivity index is 1.60. The summed E-state index contributed by atoms with van der Waals surface area (Å²) in [7, 11) is 0. The van der Waals surface area contributed by atoms with Crippen LogP contribution in [0.25, 0.3) is 0 Å². The van der Waals surface area contributed by atoms with Crippen LogP contribution in [0.3, 0.4) is 0 Å². The molecule has 0 amide bonds. The fourth-order valence-corrected chi connectivity index (χ4v) is 4.32. The van der Waals surface area contributed by atoms with Crippen molar-refractivity contribution in [3.05, 3.63) is 35.1 Å². The van der Waals surface area contributed by atoms with Crippen molar-refractivity contribution in [1.29, 1.82) is 0 Å². The van der Waals surface area contributed by atoms with Crippen molar-refractivity contribution < 1.29 is 4.39 Å². The average Bonchev–Trinajstić information content (AvgIpc) is 2.82. The van der Waals surface area contributed by atoms with Crippen LogP contribution in [0.15, 0.2) is 18.2 Å². The van der Waals surface area contributed by atoms with E-state index in [9.17, 15) is 4.39 Å². The minimum Gasteiger partial charge on any atom is -0.309 e. The fourth-order valence-electron chi connectivity index (χ4n) is 3.06. The number of hydrogen-bond donors (Lipinski definition) is 1. The van der Waals surface area contributed by atoms with Crippen LogP contribution in [0.2, 0.25) is 0 Å². The molecule has 1 aliphatic carbocycles. The van der Waals surface area contributed by atoms with Crippen LogP contribution in [0, 0.1) is 5.82 Å². The Labute approximate surface area is 113 Å². The second-order valence-corrected chi connectivity index (χ2v) is 6.70. The fraction of sp³-hybridized carbons (Fsp3) is 0.600. The summed E-state index contributed by atoms with van der Waals surface area (Å²) < 4.78 is 13.6. The number of rotatable bonds is 3. The van der Waals surface area contributed by atoms with Crippen LogP contribution in [-0.4, -0.2) is 17.5 Å². The van der Waals surface area contributed by atoms with Gasteiger partial charge in [-0.3, -0.25) is 0 Å². The molecule has 1 saturated heterocycles. The molecular weight excluding hydrogens is 245 g/mol. The van der Waals surface area contributed by atoms with E-state index in [1.54, 1.807) is 6.07 Å². The minimum absolute atomic E-state index is 0.0242. The maximum Gasteiger partial charge on any atom is 0.126 e. The van der Waals surface area contributed by atoms with Crippen molar-refractivity contribution >= 4 is 11.8 Å². The van der Waals surface area contributed by atoms with E-state index in [-0.39, 0.29) is 5.82 Å². The van der Waals surface area contributed by atoms with Gasteiger partial charge in [-0.25, -0.2) is 4.39 Å². The molecule has 1 heterocycles. The van der Waals surface area contributed by atoms with Crippen molar-refractivity contribution in [1.82, 2.24) is 5.32 Å². The highest BCUT2D eigenvalue weighted by molar-refractivity contribution is 7.99. The number of nitrogens with one attached hydrogen (secondary N) is 1. The molecule has 1 nitrogen and oxygen atoms in total. The van der Waals surface area contributed by atoms with E-state index in [0.29, 0.717) is 6.04 Å². The SMILES string of the molecule is Fc1cccc2c1CCC2NCC1CCCCS1. The molecule has 0 radical (unpaired) electrons. The Kier molecular flexibility index (Phi) is 3.90. The van der Waals surface area contributed by atoms with Crippen LogP contribution in [-0.2, 0) is 6.42 Å². The largest absolute Gasteiger partial charge is 0.309 e. The molecule has 0 bridgehead atoms. The summed E-state index contributed by atoms with van der Waals surface area (Å²) in [6.07, 6.45) is 6.01. The number of thioether (sulfide) groups is 1. The van der Waals surface area contributed by atoms with E-state index in [0.717, 1.165) is 30.2 Å². The molecule has 2 atom stereocenters. The van der Waals surface area contributed by atoms with E-state index >= 15 is 0 Å². The standard InChI is InChI=1S/C15H20FNS/c16-14-6-3-5-13-12(14)7-8-15(13)17-10-11-4-1-2-9-18-11/h3,5-6,11,15,17H,1-2,4,7-10H2. The molecule has 0 saturated carbocycles. The third-order valence-electron chi connectivity index (χ3n) is 4.08. The Morgan fingerprint density at radius 3 is 3.06 bits per heavy atom. The Morgan fingerprint density at radius 2 is 2.22 bits per heavy atom. The van der Waals surface area contributed by atoms with Crippen molar-refractivity contribution in [2.75, 3.05) is 12.3 Å². The normalized spacial score (nSPS) is 27.2. The van der Waals surface area contributed by atoms with Crippen LogP contribution < -0.4 is 5.32 Å². The van der Waals surface area contributed by atoms with Crippen molar-refractivity contribution in [3.63, 3.8) is 0 Å². The molecule has 18 heavy (non-hydrogen) atoms. The predicted molar refractivity (Wildman–Crippen MR) is 75.6 cm³/mol. The third kappa shape index (κ3) is 2.57. The second-order valence-electron chi connectivity index (χ2n) is 5.30. The molecular formula is C15H20FNS. The van der Waals surface area contributed by atoms with Crippen molar-refractivity contribution in [3.8, 4) is 0 Å². The summed E-state index contributed by atoms with van der Waals surface area (Å²) >= 11 is 2.09. The molecule has 1 fully saturated rings. The van der Waals surface area contributed by atoms with E-state index < -0.39 is 0 Å². The lowest BCUT2D eigenvalue weighted by atomic mass is 10.1. The van der Waals surface area contributed by atoms with Gasteiger partial charge in [0.15, 0.2) is 0 Å². The van der Waals surface area contributed by atoms with Gasteiger partial charge < -0.3 is 5.32 Å². The molecule has 1 N–H and O–H groups in total. The van der Waals surface area contributed by atoms with Gasteiger partial charge in [0.05, 0.1) is 0 Å². The molecule has 1 aromatic carbocycles. The summed E-state index contributed by atoms with van der Waals surface area (Å²) in [5, 5.41) is 4.41. The van der Waals surface area contributed by atoms with Crippen LogP contribution in [0.4, 0.5) is 4.39 Å². The zero-order valence-electron chi connectivity index (χ0n) is 10.6. The highest BCUT2D eigenvalue weighted by Gasteiger charge is 2.25. The first-order valence-electron chi connectivity index (χ1n) is 6.97. The Hall–Kier alpha value is -0.540. The first-order valence-corrected chi connectivity index (χ1v) is 8.02. The van der Waals surface area contributed by atoms with Crippen molar-refractivity contribution in [2.24, 2.45) is 0 Å². The van der Waals surface area contributed by atoms with Gasteiger partial charge in [-0.15, -0.1) is 0 Å². The molecule has 1 aliphatic heterocycles. The lowest BCUT2D eigenvalue weighted by Crippen LogP contribution is -2.29. The lowest BCUT2D eigenvalue weighted by molar-refractivity contribution is 0.508. The van der Waals surface area contributed by atoms with Crippen LogP contribution in [0.5, 0.6) is 0 Å². The zero-order chi connectivity index (χ0) is 12.4. The molecule has 0 aromatic heterocycles. The number of benzene rings is 1. The molecule has 0 spiro atoms. The van der Waals surface area contributed by atoms with Gasteiger partial charge in [-0.1, -0.05) is 18.6 Å². The highest BCUT2D eigenvalue weighted by Crippen LogP contribution is 2.33. The summed E-state index contributed by atoms with van der Waals surface area (Å²) in [4.78, 5) is 0. The number of halogens is 1. The van der Waals surface area contributed by atoms with Gasteiger partial charge in [0, 0.05) is 17.8 Å². The molecule has 98 valence electrons. The maximum atomic E-state index is 13.6. The van der Waals surface area contributed by atoms with Crippen LogP contribution in [0.1, 0.15) is 42.9 Å². The zero-order valence-corrected chi connectivity index (χ0v) is 11.4. The predicted octanol–water partition coefficient (Wildman–Crippen LogP) is 3.69. The molecule has 3 rings (SSSR count). The first kappa shape index (κ1) is 12.5. The lowest BCUT2D eigenvalue weighted by Gasteiger charge is -2.24. The van der Waals surface area contributed by atoms with E-state index in [2.05, 4.69) is 23.1 Å². The quantitative estimate of drug-likeness (QED) is 0.894. The van der Waals surface area contributed by atoms with Gasteiger partial charge >= 0.3 is 0 Å². The van der Waals surface area contributed by atoms with Gasteiger partial charge in [0.2, 0.25) is 0 Å². The van der Waals surface area contributed by atoms with E-state index in [4.69, 9.17) is 0 Å². The summed E-state index contributed by atoms with van der Waals surface area (Å²) in [6, 6.07) is 5.87. The van der Waals surface area contributed by atoms with E-state index in [1.807, 2.05) is 6.07 Å². The molecule has 3 heteroatoms. The van der Waals surface area contributed by atoms with Gasteiger partial charge in [0.1, 0.15) is 5.82 Å². The molecule has 2 aliphatic rings. The summed E-state index contributed by atoms with van der Waals surface area (Å²) in [6.45, 7) is 1.07. The molecule has 2 unspecified atom stereocenters. The highest BCUT2D eigenvalue weighted by atomic mass is 32.2. The third-order valence-corrected chi connectivity index (χ3v) is 5.48. The average molecular weight is 265 g/mol. The monoisotopic (exact) mass is 265 g/mol. The Bertz CT molecular complexity index is 415. The minimum atomic E-state index is -0.0242. The smallest absolute Gasteiger partial charge is 0.126 e. The second kappa shape index (κ2) is 5.62. The van der Waals surface area contributed by atoms with Gasteiger partial charge in [0.25, 0.3) is 0 Å². The first-order chi connectivity index (χ1) is 8.84. The van der Waals surface area contributed by atoms with Crippen LogP contribution >= 0.6 is 11.8 Å². The summed E-state index contributed by atoms with van der Waals surface area (Å²) in [5.74, 6) is 1.28. The van der Waals surface area contributed by atoms with E-state index in [1.165, 1.54) is 30.6 Å².